The summed E-state index contributed by atoms with van der Waals surface area (Å²) in [7, 11) is 0. The van der Waals surface area contributed by atoms with Crippen LogP contribution in [0.1, 0.15) is 5.56 Å². The molecule has 5 heteroatoms. The Morgan fingerprint density at radius 3 is 2.52 bits per heavy atom. The quantitative estimate of drug-likeness (QED) is 0.633. The summed E-state index contributed by atoms with van der Waals surface area (Å²) in [6.45, 7) is 2.13. The van der Waals surface area contributed by atoms with Crippen LogP contribution in [0, 0.1) is 6.92 Å². The van der Waals surface area contributed by atoms with E-state index in [1.165, 1.54) is 21.6 Å². The fourth-order valence-electron chi connectivity index (χ4n) is 2.34. The van der Waals surface area contributed by atoms with Crippen molar-refractivity contribution >= 4 is 27.7 Å². The lowest BCUT2D eigenvalue weighted by atomic mass is 10.0. The fourth-order valence-corrected chi connectivity index (χ4v) is 3.39. The van der Waals surface area contributed by atoms with E-state index in [0.29, 0.717) is 0 Å². The van der Waals surface area contributed by atoms with Gasteiger partial charge in [0, 0.05) is 9.37 Å². The summed E-state index contributed by atoms with van der Waals surface area (Å²) in [5.74, 6) is 0. The Balaban J connectivity index is 2.19. The minimum atomic E-state index is 1.03. The number of benzene rings is 2. The van der Waals surface area contributed by atoms with Crippen LogP contribution in [0.2, 0.25) is 0 Å². The topological polar surface area (TPSA) is 30.7 Å². The molecule has 3 nitrogen and oxygen atoms in total. The van der Waals surface area contributed by atoms with Gasteiger partial charge in [-0.15, -0.1) is 11.8 Å². The van der Waals surface area contributed by atoms with Gasteiger partial charge in [0.1, 0.15) is 12.7 Å². The molecule has 3 rings (SSSR count). The van der Waals surface area contributed by atoms with Crippen molar-refractivity contribution in [1.29, 1.82) is 0 Å². The van der Waals surface area contributed by atoms with E-state index in [-0.39, 0.29) is 0 Å². The second kappa shape index (κ2) is 6.03. The molecule has 0 fully saturated rings. The molecule has 0 spiro atoms. The van der Waals surface area contributed by atoms with Gasteiger partial charge < -0.3 is 0 Å². The highest BCUT2D eigenvalue weighted by molar-refractivity contribution is 9.10. The van der Waals surface area contributed by atoms with E-state index in [0.717, 1.165) is 10.2 Å². The second-order valence-electron chi connectivity index (χ2n) is 4.69. The molecule has 2 aromatic carbocycles. The molecule has 0 N–H and O–H groups in total. The van der Waals surface area contributed by atoms with Crippen molar-refractivity contribution in [1.82, 2.24) is 14.8 Å². The first-order chi connectivity index (χ1) is 10.2. The van der Waals surface area contributed by atoms with E-state index in [9.17, 15) is 0 Å². The smallest absolute Gasteiger partial charge is 0.138 e. The molecule has 1 heterocycles. The molecule has 0 bridgehead atoms. The van der Waals surface area contributed by atoms with Crippen molar-refractivity contribution in [3.63, 3.8) is 0 Å². The van der Waals surface area contributed by atoms with Crippen LogP contribution >= 0.6 is 27.7 Å². The predicted molar refractivity (Wildman–Crippen MR) is 91.0 cm³/mol. The van der Waals surface area contributed by atoms with E-state index >= 15 is 0 Å². The van der Waals surface area contributed by atoms with Gasteiger partial charge in [-0.3, -0.25) is 0 Å². The monoisotopic (exact) mass is 359 g/mol. The maximum absolute atomic E-state index is 4.22. The summed E-state index contributed by atoms with van der Waals surface area (Å²) >= 11 is 5.26. The van der Waals surface area contributed by atoms with Crippen LogP contribution in [-0.2, 0) is 0 Å². The van der Waals surface area contributed by atoms with Crippen molar-refractivity contribution in [3.8, 4) is 16.8 Å². The Kier molecular flexibility index (Phi) is 4.12. The molecule has 0 aliphatic rings. The zero-order valence-electron chi connectivity index (χ0n) is 11.7. The lowest BCUT2D eigenvalue weighted by molar-refractivity contribution is 0.876. The summed E-state index contributed by atoms with van der Waals surface area (Å²) in [5, 5.41) is 4.22. The van der Waals surface area contributed by atoms with E-state index in [1.54, 1.807) is 29.1 Å². The van der Waals surface area contributed by atoms with Gasteiger partial charge >= 0.3 is 0 Å². The molecule has 0 aliphatic heterocycles. The molecule has 0 saturated carbocycles. The van der Waals surface area contributed by atoms with Gasteiger partial charge in [0.15, 0.2) is 0 Å². The molecule has 21 heavy (non-hydrogen) atoms. The highest BCUT2D eigenvalue weighted by Gasteiger charge is 2.11. The average Bonchev–Trinajstić information content (AvgIpc) is 3.01. The molecular weight excluding hydrogens is 346 g/mol. The zero-order chi connectivity index (χ0) is 14.8. The molecule has 106 valence electrons. The normalized spacial score (nSPS) is 10.8. The number of hydrogen-bond acceptors (Lipinski definition) is 3. The minimum absolute atomic E-state index is 1.03. The number of nitrogens with zero attached hydrogens (tertiary/aromatic N) is 3. The first-order valence-electron chi connectivity index (χ1n) is 6.48. The number of aromatic nitrogens is 3. The molecule has 1 aromatic heterocycles. The summed E-state index contributed by atoms with van der Waals surface area (Å²) in [6.07, 6.45) is 5.38. The Labute approximate surface area is 136 Å². The Hall–Kier alpha value is -1.59. The molecule has 0 aliphatic carbocycles. The van der Waals surface area contributed by atoms with Crippen LogP contribution < -0.4 is 0 Å². The molecule has 0 amide bonds. The van der Waals surface area contributed by atoms with Gasteiger partial charge in [-0.1, -0.05) is 28.1 Å². The molecule has 3 aromatic rings. The van der Waals surface area contributed by atoms with Crippen molar-refractivity contribution in [3.05, 3.63) is 59.1 Å². The number of halogens is 1. The van der Waals surface area contributed by atoms with Gasteiger partial charge in [0.25, 0.3) is 0 Å². The van der Waals surface area contributed by atoms with Gasteiger partial charge in [-0.2, -0.15) is 5.10 Å². The molecule has 0 saturated heterocycles. The van der Waals surface area contributed by atoms with Gasteiger partial charge in [0.2, 0.25) is 0 Å². The summed E-state index contributed by atoms with van der Waals surface area (Å²) in [4.78, 5) is 5.32. The van der Waals surface area contributed by atoms with E-state index in [2.05, 4.69) is 75.6 Å². The van der Waals surface area contributed by atoms with Crippen molar-refractivity contribution in [2.45, 2.75) is 11.8 Å². The number of thioether (sulfide) groups is 1. The SMILES string of the molecule is CSc1c(C)cc(-n2cncn2)cc1-c1ccc(Br)cc1. The van der Waals surface area contributed by atoms with E-state index in [1.807, 2.05) is 0 Å². The van der Waals surface area contributed by atoms with Crippen LogP contribution in [-0.4, -0.2) is 21.0 Å². The summed E-state index contributed by atoms with van der Waals surface area (Å²) in [6, 6.07) is 12.7. The van der Waals surface area contributed by atoms with Gasteiger partial charge in [0.05, 0.1) is 5.69 Å². The summed E-state index contributed by atoms with van der Waals surface area (Å²) < 4.78 is 2.88. The standard InChI is InChI=1S/C16H14BrN3S/c1-11-7-14(20-10-18-9-19-20)8-15(16(11)21-2)12-3-5-13(17)6-4-12/h3-10H,1-2H3. The zero-order valence-corrected chi connectivity index (χ0v) is 14.1. The highest BCUT2D eigenvalue weighted by atomic mass is 79.9. The maximum atomic E-state index is 4.22. The van der Waals surface area contributed by atoms with Crippen LogP contribution in [0.25, 0.3) is 16.8 Å². The number of hydrogen-bond donors (Lipinski definition) is 0. The van der Waals surface area contributed by atoms with Gasteiger partial charge in [-0.25, -0.2) is 9.67 Å². The fraction of sp³-hybridized carbons (Fsp3) is 0.125. The molecule has 0 atom stereocenters. The Morgan fingerprint density at radius 2 is 1.90 bits per heavy atom. The second-order valence-corrected chi connectivity index (χ2v) is 6.42. The number of aryl methyl sites for hydroxylation is 1. The molecular formula is C16H14BrN3S. The molecule has 0 unspecified atom stereocenters. The van der Waals surface area contributed by atoms with E-state index in [4.69, 9.17) is 0 Å². The number of rotatable bonds is 3. The third kappa shape index (κ3) is 2.89. The lowest BCUT2D eigenvalue weighted by Crippen LogP contribution is -1.97. The minimum Gasteiger partial charge on any atom is -0.223 e. The van der Waals surface area contributed by atoms with Crippen molar-refractivity contribution < 1.29 is 0 Å². The van der Waals surface area contributed by atoms with Crippen LogP contribution in [0.5, 0.6) is 0 Å². The largest absolute Gasteiger partial charge is 0.223 e. The average molecular weight is 360 g/mol. The third-order valence-corrected chi connectivity index (χ3v) is 4.78. The Bertz CT molecular complexity index is 752. The third-order valence-electron chi connectivity index (χ3n) is 3.30. The van der Waals surface area contributed by atoms with Crippen LogP contribution in [0.4, 0.5) is 0 Å². The molecule has 0 radical (unpaired) electrons. The van der Waals surface area contributed by atoms with Crippen LogP contribution in [0.15, 0.2) is 58.4 Å². The van der Waals surface area contributed by atoms with Crippen molar-refractivity contribution in [2.24, 2.45) is 0 Å². The maximum Gasteiger partial charge on any atom is 0.138 e. The predicted octanol–water partition coefficient (Wildman–Crippen LogP) is 4.73. The summed E-state index contributed by atoms with van der Waals surface area (Å²) in [5.41, 5.74) is 4.70. The first kappa shape index (κ1) is 14.4. The Morgan fingerprint density at radius 1 is 1.14 bits per heavy atom. The lowest BCUT2D eigenvalue weighted by Gasteiger charge is -2.14. The highest BCUT2D eigenvalue weighted by Crippen LogP contribution is 2.35. The van der Waals surface area contributed by atoms with Gasteiger partial charge in [-0.05, 0) is 54.1 Å². The van der Waals surface area contributed by atoms with E-state index < -0.39 is 0 Å². The van der Waals surface area contributed by atoms with Crippen LogP contribution in [0.3, 0.4) is 0 Å². The first-order valence-corrected chi connectivity index (χ1v) is 8.50. The van der Waals surface area contributed by atoms with Crippen molar-refractivity contribution in [2.75, 3.05) is 6.26 Å².